The van der Waals surface area contributed by atoms with Gasteiger partial charge < -0.3 is 14.0 Å². The molecule has 1 unspecified atom stereocenters. The molecule has 27 heavy (non-hydrogen) atoms. The Bertz CT molecular complexity index is 812. The summed E-state index contributed by atoms with van der Waals surface area (Å²) in [6.07, 6.45) is 5.05. The number of hydrogen-bond donors (Lipinski definition) is 0. The molecule has 2 aliphatic rings. The monoisotopic (exact) mass is 369 g/mol. The molecular weight excluding hydrogens is 341 g/mol. The normalized spacial score (nSPS) is 24.3. The van der Waals surface area contributed by atoms with Crippen LogP contribution in [-0.4, -0.2) is 39.7 Å². The van der Waals surface area contributed by atoms with Crippen molar-refractivity contribution in [3.8, 4) is 11.4 Å². The maximum Gasteiger partial charge on any atom is 0.494 e. The lowest BCUT2D eigenvalue weighted by atomic mass is 9.78. The molecule has 2 aromatic rings. The molecule has 2 aliphatic heterocycles. The van der Waals surface area contributed by atoms with Crippen LogP contribution in [0.4, 0.5) is 0 Å². The molecule has 4 rings (SSSR count). The second-order valence-electron chi connectivity index (χ2n) is 8.53. The minimum absolute atomic E-state index is 0.00401. The van der Waals surface area contributed by atoms with E-state index >= 15 is 0 Å². The molecule has 2 fully saturated rings. The molecular formula is C20H28BN3O3. The molecule has 6 nitrogen and oxygen atoms in total. The minimum atomic E-state index is -0.357. The summed E-state index contributed by atoms with van der Waals surface area (Å²) in [6, 6.07) is 6.20. The third kappa shape index (κ3) is 3.44. The molecule has 144 valence electrons. The van der Waals surface area contributed by atoms with Crippen molar-refractivity contribution >= 4 is 12.6 Å². The molecule has 1 aromatic carbocycles. The van der Waals surface area contributed by atoms with Gasteiger partial charge in [-0.25, -0.2) is 9.67 Å². The van der Waals surface area contributed by atoms with E-state index in [-0.39, 0.29) is 24.5 Å². The summed E-state index contributed by atoms with van der Waals surface area (Å²) in [5.41, 5.74) is 2.45. The van der Waals surface area contributed by atoms with Crippen LogP contribution < -0.4 is 5.46 Å². The number of aromatic nitrogens is 3. The average molecular weight is 369 g/mol. The summed E-state index contributed by atoms with van der Waals surface area (Å²) in [7, 11) is -0.357. The van der Waals surface area contributed by atoms with Crippen LogP contribution >= 0.6 is 0 Å². The Morgan fingerprint density at radius 2 is 1.85 bits per heavy atom. The van der Waals surface area contributed by atoms with Crippen molar-refractivity contribution in [1.29, 1.82) is 0 Å². The van der Waals surface area contributed by atoms with E-state index in [4.69, 9.17) is 14.0 Å². The Kier molecular flexibility index (Phi) is 4.65. The van der Waals surface area contributed by atoms with Crippen molar-refractivity contribution in [2.45, 2.75) is 71.3 Å². The number of benzene rings is 1. The highest BCUT2D eigenvalue weighted by atomic mass is 16.7. The number of rotatable bonds is 3. The van der Waals surface area contributed by atoms with Gasteiger partial charge >= 0.3 is 7.12 Å². The predicted molar refractivity (Wildman–Crippen MR) is 105 cm³/mol. The maximum atomic E-state index is 6.16. The molecule has 3 heterocycles. The van der Waals surface area contributed by atoms with Crippen LogP contribution in [0.2, 0.25) is 0 Å². The van der Waals surface area contributed by atoms with E-state index in [9.17, 15) is 0 Å². The van der Waals surface area contributed by atoms with Gasteiger partial charge in [0.05, 0.1) is 11.2 Å². The highest BCUT2D eigenvalue weighted by Crippen LogP contribution is 2.36. The fraction of sp³-hybridized carbons (Fsp3) is 0.600. The third-order valence-electron chi connectivity index (χ3n) is 5.98. The Morgan fingerprint density at radius 3 is 2.48 bits per heavy atom. The van der Waals surface area contributed by atoms with Gasteiger partial charge in [-0.2, -0.15) is 0 Å². The number of hydrogen-bond acceptors (Lipinski definition) is 5. The first kappa shape index (κ1) is 18.7. The van der Waals surface area contributed by atoms with E-state index in [1.54, 1.807) is 6.33 Å². The summed E-state index contributed by atoms with van der Waals surface area (Å²) < 4.78 is 20.0. The van der Waals surface area contributed by atoms with Gasteiger partial charge in [0.2, 0.25) is 0 Å². The standard InChI is InChI=1S/C20H28BN3O3/c1-14-12-15(21-26-19(2,3)20(4,5)27-21)9-10-16(14)18-22-13-24(23-18)17-8-6-7-11-25-17/h9-10,12-13,17H,6-8,11H2,1-5H3. The Balaban J connectivity index is 1.55. The first-order valence-corrected chi connectivity index (χ1v) is 9.76. The second-order valence-corrected chi connectivity index (χ2v) is 8.53. The third-order valence-corrected chi connectivity index (χ3v) is 5.98. The zero-order valence-electron chi connectivity index (χ0n) is 16.9. The maximum absolute atomic E-state index is 6.16. The average Bonchev–Trinajstić information content (AvgIpc) is 3.18. The van der Waals surface area contributed by atoms with Gasteiger partial charge in [0.15, 0.2) is 12.1 Å². The molecule has 0 bridgehead atoms. The topological polar surface area (TPSA) is 58.4 Å². The second kappa shape index (κ2) is 6.72. The number of nitrogens with zero attached hydrogens (tertiary/aromatic N) is 3. The fourth-order valence-electron chi connectivity index (χ4n) is 3.53. The molecule has 0 spiro atoms. The lowest BCUT2D eigenvalue weighted by Crippen LogP contribution is -2.41. The van der Waals surface area contributed by atoms with Gasteiger partial charge in [0, 0.05) is 12.2 Å². The zero-order chi connectivity index (χ0) is 19.2. The van der Waals surface area contributed by atoms with E-state index in [2.05, 4.69) is 56.8 Å². The van der Waals surface area contributed by atoms with Crippen LogP contribution in [0.1, 0.15) is 58.7 Å². The summed E-state index contributed by atoms with van der Waals surface area (Å²) in [5, 5.41) is 4.66. The Labute approximate surface area is 161 Å². The van der Waals surface area contributed by atoms with E-state index in [1.807, 2.05) is 10.7 Å². The van der Waals surface area contributed by atoms with Crippen LogP contribution in [-0.2, 0) is 14.0 Å². The smallest absolute Gasteiger partial charge is 0.399 e. The lowest BCUT2D eigenvalue weighted by molar-refractivity contribution is -0.0395. The molecule has 0 amide bonds. The largest absolute Gasteiger partial charge is 0.494 e. The van der Waals surface area contributed by atoms with Crippen LogP contribution in [0, 0.1) is 6.92 Å². The Morgan fingerprint density at radius 1 is 1.11 bits per heavy atom. The summed E-state index contributed by atoms with van der Waals surface area (Å²) in [6.45, 7) is 11.1. The number of aryl methyl sites for hydroxylation is 1. The highest BCUT2D eigenvalue weighted by molar-refractivity contribution is 6.62. The quantitative estimate of drug-likeness (QED) is 0.778. The van der Waals surface area contributed by atoms with Gasteiger partial charge in [-0.3, -0.25) is 0 Å². The number of ether oxygens (including phenoxy) is 1. The molecule has 0 aliphatic carbocycles. The van der Waals surface area contributed by atoms with Crippen molar-refractivity contribution < 1.29 is 14.0 Å². The summed E-state index contributed by atoms with van der Waals surface area (Å²) in [5.74, 6) is 0.724. The van der Waals surface area contributed by atoms with Crippen molar-refractivity contribution in [2.24, 2.45) is 0 Å². The minimum Gasteiger partial charge on any atom is -0.399 e. The molecule has 7 heteroatoms. The van der Waals surface area contributed by atoms with Crippen molar-refractivity contribution in [2.75, 3.05) is 6.61 Å². The highest BCUT2D eigenvalue weighted by Gasteiger charge is 2.51. The SMILES string of the molecule is Cc1cc(B2OC(C)(C)C(C)(C)O2)ccc1-c1ncn(C2CCCCO2)n1. The lowest BCUT2D eigenvalue weighted by Gasteiger charge is -2.32. The molecule has 1 atom stereocenters. The van der Waals surface area contributed by atoms with Gasteiger partial charge in [-0.15, -0.1) is 5.10 Å². The van der Waals surface area contributed by atoms with Crippen molar-refractivity contribution in [1.82, 2.24) is 14.8 Å². The fourth-order valence-corrected chi connectivity index (χ4v) is 3.53. The van der Waals surface area contributed by atoms with Crippen LogP contribution in [0.25, 0.3) is 11.4 Å². The van der Waals surface area contributed by atoms with Gasteiger partial charge in [0.1, 0.15) is 6.33 Å². The molecule has 2 saturated heterocycles. The van der Waals surface area contributed by atoms with E-state index in [1.165, 1.54) is 6.42 Å². The summed E-state index contributed by atoms with van der Waals surface area (Å²) in [4.78, 5) is 4.51. The predicted octanol–water partition coefficient (Wildman–Crippen LogP) is 3.25. The van der Waals surface area contributed by atoms with E-state index < -0.39 is 0 Å². The molecule has 0 N–H and O–H groups in total. The van der Waals surface area contributed by atoms with Gasteiger partial charge in [0.25, 0.3) is 0 Å². The van der Waals surface area contributed by atoms with Gasteiger partial charge in [-0.1, -0.05) is 18.2 Å². The molecule has 0 saturated carbocycles. The van der Waals surface area contributed by atoms with Gasteiger partial charge in [-0.05, 0) is 64.9 Å². The summed E-state index contributed by atoms with van der Waals surface area (Å²) >= 11 is 0. The van der Waals surface area contributed by atoms with E-state index in [0.29, 0.717) is 0 Å². The van der Waals surface area contributed by atoms with E-state index in [0.717, 1.165) is 41.9 Å². The molecule has 0 radical (unpaired) electrons. The van der Waals surface area contributed by atoms with Crippen LogP contribution in [0.5, 0.6) is 0 Å². The zero-order valence-corrected chi connectivity index (χ0v) is 16.9. The van der Waals surface area contributed by atoms with Crippen molar-refractivity contribution in [3.05, 3.63) is 30.1 Å². The van der Waals surface area contributed by atoms with Crippen molar-refractivity contribution in [3.63, 3.8) is 0 Å². The Hall–Kier alpha value is -1.70. The first-order valence-electron chi connectivity index (χ1n) is 9.76. The van der Waals surface area contributed by atoms with Crippen LogP contribution in [0.15, 0.2) is 24.5 Å². The van der Waals surface area contributed by atoms with Crippen LogP contribution in [0.3, 0.4) is 0 Å². The molecule has 1 aromatic heterocycles. The first-order chi connectivity index (χ1) is 12.8.